The van der Waals surface area contributed by atoms with Crippen LogP contribution in [0.1, 0.15) is 59.3 Å². The topological polar surface area (TPSA) is 72.8 Å². The third-order valence-corrected chi connectivity index (χ3v) is 8.79. The van der Waals surface area contributed by atoms with Gasteiger partial charge in [-0.3, -0.25) is 9.59 Å². The minimum Gasteiger partial charge on any atom is -0.393 e. The van der Waals surface area contributed by atoms with Gasteiger partial charge in [0, 0.05) is 13.0 Å². The number of ether oxygens (including phenoxy) is 2. The van der Waals surface area contributed by atoms with Gasteiger partial charge in [-0.1, -0.05) is 19.4 Å². The number of carbonyl (C=O) groups excluding carboxylic acids is 2. The zero-order valence-corrected chi connectivity index (χ0v) is 17.6. The molecule has 5 heteroatoms. The summed E-state index contributed by atoms with van der Waals surface area (Å²) in [7, 11) is 1.56. The molecule has 0 aliphatic heterocycles. The molecule has 4 rings (SSSR count). The van der Waals surface area contributed by atoms with Crippen LogP contribution in [0.25, 0.3) is 0 Å². The summed E-state index contributed by atoms with van der Waals surface area (Å²) in [5.41, 5.74) is 0.852. The maximum absolute atomic E-state index is 12.5. The summed E-state index contributed by atoms with van der Waals surface area (Å²) in [6.45, 7) is 6.27. The van der Waals surface area contributed by atoms with Crippen molar-refractivity contribution in [2.45, 2.75) is 71.5 Å². The lowest BCUT2D eigenvalue weighted by molar-refractivity contribution is -0.159. The molecule has 3 saturated carbocycles. The van der Waals surface area contributed by atoms with E-state index in [0.717, 1.165) is 25.7 Å². The van der Waals surface area contributed by atoms with Gasteiger partial charge >= 0.3 is 0 Å². The number of fused-ring (bicyclic) bond motifs is 5. The molecule has 3 fully saturated rings. The number of Topliss-reactive ketones (excluding diaryl/α,β-unsaturated/α-hetero) is 1. The Balaban J connectivity index is 1.67. The summed E-state index contributed by atoms with van der Waals surface area (Å²) in [4.78, 5) is 24.8. The molecule has 0 amide bonds. The van der Waals surface area contributed by atoms with Crippen molar-refractivity contribution in [3.63, 3.8) is 0 Å². The number of hydrogen-bond acceptors (Lipinski definition) is 5. The van der Waals surface area contributed by atoms with Gasteiger partial charge in [-0.15, -0.1) is 0 Å². The summed E-state index contributed by atoms with van der Waals surface area (Å²) in [6, 6.07) is 0. The first-order valence-electron chi connectivity index (χ1n) is 10.8. The zero-order valence-electron chi connectivity index (χ0n) is 17.6. The fourth-order valence-corrected chi connectivity index (χ4v) is 7.69. The van der Waals surface area contributed by atoms with Crippen molar-refractivity contribution in [3.8, 4) is 0 Å². The molecule has 28 heavy (non-hydrogen) atoms. The predicted octanol–water partition coefficient (Wildman–Crippen LogP) is 3.29. The van der Waals surface area contributed by atoms with Crippen molar-refractivity contribution in [2.75, 3.05) is 13.9 Å². The van der Waals surface area contributed by atoms with Crippen molar-refractivity contribution in [3.05, 3.63) is 11.6 Å². The molecular formula is C23H34O5. The van der Waals surface area contributed by atoms with Crippen molar-refractivity contribution in [2.24, 2.45) is 34.5 Å². The second-order valence-corrected chi connectivity index (χ2v) is 10.1. The van der Waals surface area contributed by atoms with Crippen LogP contribution in [0.2, 0.25) is 0 Å². The van der Waals surface area contributed by atoms with E-state index in [0.29, 0.717) is 24.7 Å². The molecule has 1 unspecified atom stereocenters. The van der Waals surface area contributed by atoms with Gasteiger partial charge in [0.2, 0.25) is 0 Å². The van der Waals surface area contributed by atoms with Gasteiger partial charge in [-0.2, -0.15) is 0 Å². The van der Waals surface area contributed by atoms with Crippen LogP contribution in [0, 0.1) is 34.5 Å². The van der Waals surface area contributed by atoms with Gasteiger partial charge < -0.3 is 14.6 Å². The Labute approximate surface area is 167 Å². The van der Waals surface area contributed by atoms with Crippen molar-refractivity contribution in [1.82, 2.24) is 0 Å². The lowest BCUT2D eigenvalue weighted by Crippen LogP contribution is -2.58. The molecule has 0 saturated heterocycles. The number of aliphatic hydroxyl groups is 1. The van der Waals surface area contributed by atoms with Crippen LogP contribution in [-0.2, 0) is 19.1 Å². The van der Waals surface area contributed by atoms with Gasteiger partial charge in [0.1, 0.15) is 18.7 Å². The summed E-state index contributed by atoms with van der Waals surface area (Å²) < 4.78 is 10.7. The second kappa shape index (κ2) is 7.03. The third kappa shape index (κ3) is 2.85. The van der Waals surface area contributed by atoms with Crippen LogP contribution in [-0.4, -0.2) is 42.8 Å². The highest BCUT2D eigenvalue weighted by Gasteiger charge is 2.63. The van der Waals surface area contributed by atoms with Crippen LogP contribution in [0.3, 0.4) is 0 Å². The maximum Gasteiger partial charge on any atom is 0.184 e. The van der Waals surface area contributed by atoms with Gasteiger partial charge in [-0.05, 0) is 80.1 Å². The highest BCUT2D eigenvalue weighted by atomic mass is 16.7. The Morgan fingerprint density at radius 2 is 2.00 bits per heavy atom. The number of carbonyl (C=O) groups is 2. The molecule has 0 aromatic heterocycles. The first kappa shape index (κ1) is 20.2. The molecular weight excluding hydrogens is 356 g/mol. The summed E-state index contributed by atoms with van der Waals surface area (Å²) in [6.07, 6.45) is 6.07. The van der Waals surface area contributed by atoms with Gasteiger partial charge in [-0.25, -0.2) is 0 Å². The van der Waals surface area contributed by atoms with Crippen LogP contribution in [0.5, 0.6) is 0 Å². The Morgan fingerprint density at radius 3 is 2.68 bits per heavy atom. The third-order valence-electron chi connectivity index (χ3n) is 8.79. The Kier molecular flexibility index (Phi) is 5.08. The molecule has 1 N–H and O–H groups in total. The minimum atomic E-state index is -0.499. The van der Waals surface area contributed by atoms with Gasteiger partial charge in [0.05, 0.1) is 6.10 Å². The van der Waals surface area contributed by atoms with Crippen LogP contribution in [0.4, 0.5) is 0 Å². The van der Waals surface area contributed by atoms with Crippen LogP contribution >= 0.6 is 0 Å². The average molecular weight is 391 g/mol. The number of ketones is 2. The molecule has 0 bridgehead atoms. The molecule has 5 nitrogen and oxygen atoms in total. The molecule has 0 aromatic carbocycles. The van der Waals surface area contributed by atoms with E-state index >= 15 is 0 Å². The van der Waals surface area contributed by atoms with Crippen molar-refractivity contribution < 1.29 is 24.2 Å². The SMILES string of the molecule is COCOC1C[C@@]2(C)C(=CC1=O)CC[C@@H]1[C@@H]2[C@@H](O)C[C@]2(C)[C@@H](C(C)=O)CC[C@@H]12. The van der Waals surface area contributed by atoms with E-state index in [2.05, 4.69) is 13.8 Å². The first-order chi connectivity index (χ1) is 13.2. The number of methoxy groups -OCH3 is 1. The van der Waals surface area contributed by atoms with Gasteiger partial charge in [0.15, 0.2) is 5.78 Å². The quantitative estimate of drug-likeness (QED) is 0.746. The van der Waals surface area contributed by atoms with E-state index in [4.69, 9.17) is 9.47 Å². The van der Waals surface area contributed by atoms with Crippen molar-refractivity contribution in [1.29, 1.82) is 0 Å². The molecule has 8 atom stereocenters. The average Bonchev–Trinajstić information content (AvgIpc) is 2.97. The highest BCUT2D eigenvalue weighted by Crippen LogP contribution is 2.66. The zero-order chi connectivity index (χ0) is 20.3. The van der Waals surface area contributed by atoms with Crippen LogP contribution < -0.4 is 0 Å². The molecule has 4 aliphatic carbocycles. The molecule has 0 spiro atoms. The standard InChI is InChI=1S/C23H34O5/c1-13(24)16-7-8-17-15-6-5-14-9-18(25)20(28-12-27-4)11-22(14,2)21(15)19(26)10-23(16,17)3/h9,15-17,19-21,26H,5-8,10-12H2,1-4H3/t15-,16+,17-,19-,20?,21+,22-,23+/m0/s1. The number of hydrogen-bond donors (Lipinski definition) is 1. The van der Waals surface area contributed by atoms with E-state index in [1.165, 1.54) is 5.57 Å². The normalized spacial score (nSPS) is 47.8. The fraction of sp³-hybridized carbons (Fsp3) is 0.826. The van der Waals surface area contributed by atoms with Crippen molar-refractivity contribution >= 4 is 11.6 Å². The van der Waals surface area contributed by atoms with E-state index in [1.807, 2.05) is 0 Å². The number of rotatable bonds is 4. The lowest BCUT2D eigenvalue weighted by Gasteiger charge is -2.60. The predicted molar refractivity (Wildman–Crippen MR) is 104 cm³/mol. The van der Waals surface area contributed by atoms with Crippen LogP contribution in [0.15, 0.2) is 11.6 Å². The van der Waals surface area contributed by atoms with Gasteiger partial charge in [0.25, 0.3) is 0 Å². The monoisotopic (exact) mass is 390 g/mol. The summed E-state index contributed by atoms with van der Waals surface area (Å²) in [5, 5.41) is 11.4. The summed E-state index contributed by atoms with van der Waals surface area (Å²) in [5.74, 6) is 1.37. The highest BCUT2D eigenvalue weighted by molar-refractivity contribution is 5.95. The first-order valence-corrected chi connectivity index (χ1v) is 10.8. The van der Waals surface area contributed by atoms with E-state index in [1.54, 1.807) is 20.1 Å². The Bertz CT molecular complexity index is 699. The molecule has 156 valence electrons. The summed E-state index contributed by atoms with van der Waals surface area (Å²) >= 11 is 0. The van der Waals surface area contributed by atoms with E-state index in [9.17, 15) is 14.7 Å². The smallest absolute Gasteiger partial charge is 0.184 e. The van der Waals surface area contributed by atoms with E-state index < -0.39 is 12.2 Å². The largest absolute Gasteiger partial charge is 0.393 e. The Hall–Kier alpha value is -1.04. The fourth-order valence-electron chi connectivity index (χ4n) is 7.69. The molecule has 0 radical (unpaired) electrons. The molecule has 0 heterocycles. The molecule has 4 aliphatic rings. The second-order valence-electron chi connectivity index (χ2n) is 10.1. The Morgan fingerprint density at radius 1 is 1.25 bits per heavy atom. The minimum absolute atomic E-state index is 0.0237. The number of allylic oxidation sites excluding steroid dienone is 1. The maximum atomic E-state index is 12.5. The van der Waals surface area contributed by atoms with E-state index in [-0.39, 0.29) is 41.0 Å². The lowest BCUT2D eigenvalue weighted by atomic mass is 9.45. The molecule has 0 aromatic rings. The number of aliphatic hydroxyl groups excluding tert-OH is 1.